The number of furan rings is 1. The molecule has 10 aromatic rings. The zero-order valence-corrected chi connectivity index (χ0v) is 25.6. The minimum Gasteiger partial charge on any atom is -0.455 e. The van der Waals surface area contributed by atoms with Gasteiger partial charge in [-0.25, -0.2) is 0 Å². The average Bonchev–Trinajstić information content (AvgIpc) is 3.53. The molecule has 1 nitrogen and oxygen atoms in total. The van der Waals surface area contributed by atoms with Crippen LogP contribution in [0.1, 0.15) is 0 Å². The second-order valence-corrected chi connectivity index (χ2v) is 12.4. The van der Waals surface area contributed by atoms with Gasteiger partial charge in [0.05, 0.1) is 0 Å². The van der Waals surface area contributed by atoms with Crippen LogP contribution in [0.25, 0.3) is 98.4 Å². The Morgan fingerprint density at radius 3 is 1.74 bits per heavy atom. The number of hydrogen-bond donors (Lipinski definition) is 0. The van der Waals surface area contributed by atoms with Crippen molar-refractivity contribution in [2.75, 3.05) is 0 Å². The van der Waals surface area contributed by atoms with Gasteiger partial charge in [-0.2, -0.15) is 0 Å². The molecule has 0 aliphatic rings. The van der Waals surface area contributed by atoms with E-state index < -0.39 is 0 Å². The lowest BCUT2D eigenvalue weighted by Gasteiger charge is -2.17. The van der Waals surface area contributed by atoms with E-state index in [-0.39, 0.29) is 0 Å². The van der Waals surface area contributed by atoms with Gasteiger partial charge in [0.25, 0.3) is 0 Å². The lowest BCUT2D eigenvalue weighted by atomic mass is 9.85. The van der Waals surface area contributed by atoms with E-state index in [1.165, 1.54) is 65.2 Å². The van der Waals surface area contributed by atoms with Crippen molar-refractivity contribution in [2.24, 2.45) is 0 Å². The van der Waals surface area contributed by atoms with Crippen molar-refractivity contribution in [2.45, 2.75) is 0 Å². The maximum Gasteiger partial charge on any atom is 0.143 e. The summed E-state index contributed by atoms with van der Waals surface area (Å²) in [5.74, 6) is 0.892. The Kier molecular flexibility index (Phi) is 5.64. The summed E-state index contributed by atoms with van der Waals surface area (Å²) in [5.41, 5.74) is 6.72. The van der Waals surface area contributed by atoms with Gasteiger partial charge in [-0.3, -0.25) is 0 Å². The monoisotopic (exact) mass is 596 g/mol. The standard InChI is InChI=1S/C46H28O/c1-2-13-31(14-3-1)45-44(41-26-25-38-36-19-9-7-12-30(36)21-24-40(38)46(41)47-45)43-39(37-20-10-17-29-11-6-8-18-35(29)37)23-22-34-27-32-15-4-5-16-33(32)28-42(34)43/h1-28H. The van der Waals surface area contributed by atoms with Gasteiger partial charge in [-0.05, 0) is 83.9 Å². The van der Waals surface area contributed by atoms with E-state index in [4.69, 9.17) is 4.42 Å². The molecule has 0 unspecified atom stereocenters. The first-order valence-corrected chi connectivity index (χ1v) is 16.2. The number of rotatable bonds is 3. The van der Waals surface area contributed by atoms with E-state index >= 15 is 0 Å². The first kappa shape index (κ1) is 26.1. The predicted octanol–water partition coefficient (Wildman–Crippen LogP) is 13.2. The Balaban J connectivity index is 1.41. The van der Waals surface area contributed by atoms with E-state index in [0.29, 0.717) is 0 Å². The summed E-state index contributed by atoms with van der Waals surface area (Å²) in [5, 5.41) is 13.3. The molecule has 0 saturated heterocycles. The van der Waals surface area contributed by atoms with Crippen LogP contribution in [-0.4, -0.2) is 0 Å². The van der Waals surface area contributed by atoms with Gasteiger partial charge in [0.1, 0.15) is 11.3 Å². The van der Waals surface area contributed by atoms with Crippen LogP contribution in [0.15, 0.2) is 174 Å². The molecule has 0 N–H and O–H groups in total. The summed E-state index contributed by atoms with van der Waals surface area (Å²) in [6.07, 6.45) is 0. The maximum absolute atomic E-state index is 7.12. The third-order valence-electron chi connectivity index (χ3n) is 9.83. The van der Waals surface area contributed by atoms with Gasteiger partial charge in [-0.15, -0.1) is 0 Å². The molecule has 0 atom stereocenters. The zero-order chi connectivity index (χ0) is 30.9. The third-order valence-corrected chi connectivity index (χ3v) is 9.83. The summed E-state index contributed by atoms with van der Waals surface area (Å²) in [4.78, 5) is 0. The zero-order valence-electron chi connectivity index (χ0n) is 25.6. The molecule has 1 heterocycles. The smallest absolute Gasteiger partial charge is 0.143 e. The molecule has 0 bridgehead atoms. The Bertz CT molecular complexity index is 2830. The van der Waals surface area contributed by atoms with Crippen molar-refractivity contribution in [3.8, 4) is 33.6 Å². The maximum atomic E-state index is 7.12. The molecule has 9 aromatic carbocycles. The van der Waals surface area contributed by atoms with Crippen molar-refractivity contribution in [3.05, 3.63) is 170 Å². The van der Waals surface area contributed by atoms with E-state index in [0.717, 1.165) is 33.2 Å². The van der Waals surface area contributed by atoms with Crippen LogP contribution in [0.5, 0.6) is 0 Å². The van der Waals surface area contributed by atoms with Crippen LogP contribution in [0.2, 0.25) is 0 Å². The van der Waals surface area contributed by atoms with Gasteiger partial charge in [0.2, 0.25) is 0 Å². The fourth-order valence-corrected chi connectivity index (χ4v) is 7.65. The summed E-state index contributed by atoms with van der Waals surface area (Å²) in [7, 11) is 0. The van der Waals surface area contributed by atoms with Crippen LogP contribution in [0.4, 0.5) is 0 Å². The van der Waals surface area contributed by atoms with Crippen LogP contribution >= 0.6 is 0 Å². The van der Waals surface area contributed by atoms with Gasteiger partial charge in [0.15, 0.2) is 0 Å². The Morgan fingerprint density at radius 1 is 0.298 bits per heavy atom. The average molecular weight is 597 g/mol. The topological polar surface area (TPSA) is 13.1 Å². The van der Waals surface area contributed by atoms with Gasteiger partial charge < -0.3 is 4.42 Å². The molecule has 0 aliphatic heterocycles. The van der Waals surface area contributed by atoms with Crippen LogP contribution in [0.3, 0.4) is 0 Å². The highest BCUT2D eigenvalue weighted by Gasteiger charge is 2.25. The molecule has 47 heavy (non-hydrogen) atoms. The van der Waals surface area contributed by atoms with E-state index in [1.807, 2.05) is 0 Å². The molecule has 0 aliphatic carbocycles. The highest BCUT2D eigenvalue weighted by atomic mass is 16.3. The van der Waals surface area contributed by atoms with Crippen molar-refractivity contribution in [1.82, 2.24) is 0 Å². The van der Waals surface area contributed by atoms with Crippen molar-refractivity contribution >= 4 is 64.8 Å². The second kappa shape index (κ2) is 10.2. The number of benzene rings is 9. The van der Waals surface area contributed by atoms with Crippen LogP contribution < -0.4 is 0 Å². The van der Waals surface area contributed by atoms with Crippen molar-refractivity contribution in [3.63, 3.8) is 0 Å². The minimum absolute atomic E-state index is 0.892. The number of hydrogen-bond acceptors (Lipinski definition) is 1. The predicted molar refractivity (Wildman–Crippen MR) is 200 cm³/mol. The number of fused-ring (bicyclic) bond motifs is 8. The van der Waals surface area contributed by atoms with E-state index in [1.54, 1.807) is 0 Å². The van der Waals surface area contributed by atoms with Crippen molar-refractivity contribution in [1.29, 1.82) is 0 Å². The molecule has 218 valence electrons. The van der Waals surface area contributed by atoms with Crippen molar-refractivity contribution < 1.29 is 4.42 Å². The lowest BCUT2D eigenvalue weighted by Crippen LogP contribution is -1.91. The summed E-state index contributed by atoms with van der Waals surface area (Å²) >= 11 is 0. The first-order valence-electron chi connectivity index (χ1n) is 16.2. The molecule has 0 radical (unpaired) electrons. The molecule has 1 heteroatoms. The molecule has 10 rings (SSSR count). The molecule has 0 spiro atoms. The van der Waals surface area contributed by atoms with Crippen LogP contribution in [0, 0.1) is 0 Å². The normalized spacial score (nSPS) is 11.8. The highest BCUT2D eigenvalue weighted by molar-refractivity contribution is 6.23. The Hall–Kier alpha value is -6.18. The Labute approximate surface area is 271 Å². The molecular formula is C46H28O. The van der Waals surface area contributed by atoms with E-state index in [2.05, 4.69) is 170 Å². The molecule has 0 amide bonds. The summed E-state index contributed by atoms with van der Waals surface area (Å²) < 4.78 is 7.12. The lowest BCUT2D eigenvalue weighted by molar-refractivity contribution is 0.636. The quantitative estimate of drug-likeness (QED) is 0.146. The fourth-order valence-electron chi connectivity index (χ4n) is 7.65. The minimum atomic E-state index is 0.892. The van der Waals surface area contributed by atoms with Gasteiger partial charge in [0, 0.05) is 27.5 Å². The molecule has 1 aromatic heterocycles. The first-order chi connectivity index (χ1) is 23.3. The SMILES string of the molecule is c1ccc(-c2oc3c(ccc4c5ccccc5ccc43)c2-c2c(-c3cccc4ccccc34)ccc3cc4ccccc4cc23)cc1. The third kappa shape index (κ3) is 3.97. The molecule has 0 fully saturated rings. The fraction of sp³-hybridized carbons (Fsp3) is 0. The van der Waals surface area contributed by atoms with Gasteiger partial charge >= 0.3 is 0 Å². The highest BCUT2D eigenvalue weighted by Crippen LogP contribution is 2.50. The summed E-state index contributed by atoms with van der Waals surface area (Å²) in [6, 6.07) is 61.5. The second-order valence-electron chi connectivity index (χ2n) is 12.4. The van der Waals surface area contributed by atoms with Gasteiger partial charge in [-0.1, -0.05) is 146 Å². The van der Waals surface area contributed by atoms with E-state index in [9.17, 15) is 0 Å². The largest absolute Gasteiger partial charge is 0.455 e. The molecule has 0 saturated carbocycles. The van der Waals surface area contributed by atoms with Crippen LogP contribution in [-0.2, 0) is 0 Å². The summed E-state index contributed by atoms with van der Waals surface area (Å²) in [6.45, 7) is 0. The Morgan fingerprint density at radius 2 is 0.915 bits per heavy atom. The molecular weight excluding hydrogens is 569 g/mol.